The Morgan fingerprint density at radius 3 is 2.23 bits per heavy atom. The third-order valence-electron chi connectivity index (χ3n) is 3.36. The van der Waals surface area contributed by atoms with Crippen LogP contribution in [-0.2, 0) is 5.41 Å². The number of carbonyl (C=O) groups excluding carboxylic acids is 2. The molecule has 3 N–H and O–H groups in total. The van der Waals surface area contributed by atoms with E-state index in [4.69, 9.17) is 5.73 Å². The van der Waals surface area contributed by atoms with Crippen LogP contribution in [0.15, 0.2) is 30.3 Å². The number of nitrogens with one attached hydrogen (secondary N) is 1. The van der Waals surface area contributed by atoms with Gasteiger partial charge in [0.05, 0.1) is 5.56 Å². The first-order valence-electron chi connectivity index (χ1n) is 7.00. The van der Waals surface area contributed by atoms with E-state index in [1.807, 2.05) is 19.1 Å². The zero-order valence-electron chi connectivity index (χ0n) is 13.2. The summed E-state index contributed by atoms with van der Waals surface area (Å²) in [5.74, 6) is -0.785. The highest BCUT2D eigenvalue weighted by molar-refractivity contribution is 7.16. The van der Waals surface area contributed by atoms with E-state index < -0.39 is 5.91 Å². The number of carbonyl (C=O) groups is 2. The van der Waals surface area contributed by atoms with Crippen molar-refractivity contribution in [3.63, 3.8) is 0 Å². The van der Waals surface area contributed by atoms with E-state index in [0.717, 1.165) is 10.4 Å². The van der Waals surface area contributed by atoms with Gasteiger partial charge in [-0.15, -0.1) is 11.3 Å². The molecule has 0 aliphatic heterocycles. The van der Waals surface area contributed by atoms with Gasteiger partial charge in [0.2, 0.25) is 0 Å². The molecule has 22 heavy (non-hydrogen) atoms. The second-order valence-electron chi connectivity index (χ2n) is 6.25. The van der Waals surface area contributed by atoms with Gasteiger partial charge in [0.15, 0.2) is 0 Å². The van der Waals surface area contributed by atoms with Crippen molar-refractivity contribution < 1.29 is 9.59 Å². The number of hydrogen-bond donors (Lipinski definition) is 2. The molecule has 2 aromatic rings. The number of rotatable bonds is 3. The monoisotopic (exact) mass is 316 g/mol. The van der Waals surface area contributed by atoms with Crippen molar-refractivity contribution in [3.8, 4) is 0 Å². The molecule has 4 nitrogen and oxygen atoms in total. The molecule has 0 saturated heterocycles. The number of hydrogen-bond acceptors (Lipinski definition) is 3. The Morgan fingerprint density at radius 2 is 1.73 bits per heavy atom. The molecule has 0 atom stereocenters. The number of nitrogens with two attached hydrogens (primary N) is 1. The van der Waals surface area contributed by atoms with Crippen LogP contribution >= 0.6 is 11.3 Å². The molecule has 2 rings (SSSR count). The Hall–Kier alpha value is -2.14. The molecule has 0 unspecified atom stereocenters. The van der Waals surface area contributed by atoms with Crippen LogP contribution in [0.1, 0.15) is 51.9 Å². The van der Waals surface area contributed by atoms with E-state index in [0.29, 0.717) is 16.1 Å². The molecule has 0 spiro atoms. The summed E-state index contributed by atoms with van der Waals surface area (Å²) >= 11 is 1.34. The van der Waals surface area contributed by atoms with Crippen LogP contribution in [0, 0.1) is 6.92 Å². The predicted octanol–water partition coefficient (Wildman–Crippen LogP) is 3.71. The van der Waals surface area contributed by atoms with Crippen molar-refractivity contribution in [1.29, 1.82) is 0 Å². The van der Waals surface area contributed by atoms with Gasteiger partial charge in [-0.1, -0.05) is 32.9 Å². The lowest BCUT2D eigenvalue weighted by Gasteiger charge is -2.19. The Labute approximate surface area is 134 Å². The summed E-state index contributed by atoms with van der Waals surface area (Å²) in [5.41, 5.74) is 7.43. The molecule has 0 aliphatic rings. The Bertz CT molecular complexity index is 709. The van der Waals surface area contributed by atoms with Crippen molar-refractivity contribution in [3.05, 3.63) is 51.9 Å². The predicted molar refractivity (Wildman–Crippen MR) is 90.7 cm³/mol. The van der Waals surface area contributed by atoms with Crippen LogP contribution < -0.4 is 11.1 Å². The van der Waals surface area contributed by atoms with Gasteiger partial charge < -0.3 is 11.1 Å². The second-order valence-corrected chi connectivity index (χ2v) is 7.50. The van der Waals surface area contributed by atoms with Gasteiger partial charge >= 0.3 is 0 Å². The maximum absolute atomic E-state index is 12.3. The van der Waals surface area contributed by atoms with Crippen LogP contribution in [0.3, 0.4) is 0 Å². The fourth-order valence-electron chi connectivity index (χ4n) is 2.09. The number of benzene rings is 1. The molecule has 116 valence electrons. The zero-order chi connectivity index (χ0) is 16.5. The standard InChI is InChI=1S/C17H20N2O2S/c1-10-9-13(14(18)20)16(22-10)19-15(21)11-5-7-12(8-6-11)17(2,3)4/h5-9H,1-4H3,(H2,18,20)(H,19,21). The van der Waals surface area contributed by atoms with Crippen molar-refractivity contribution >= 4 is 28.2 Å². The third-order valence-corrected chi connectivity index (χ3v) is 4.33. The van der Waals surface area contributed by atoms with Crippen molar-refractivity contribution in [2.45, 2.75) is 33.1 Å². The Kier molecular flexibility index (Phi) is 4.37. The SMILES string of the molecule is Cc1cc(C(N)=O)c(NC(=O)c2ccc(C(C)(C)C)cc2)s1. The van der Waals surface area contributed by atoms with Gasteiger partial charge in [-0.3, -0.25) is 9.59 Å². The average Bonchev–Trinajstić information content (AvgIpc) is 2.79. The van der Waals surface area contributed by atoms with Crippen LogP contribution in [0.4, 0.5) is 5.00 Å². The smallest absolute Gasteiger partial charge is 0.256 e. The summed E-state index contributed by atoms with van der Waals surface area (Å²) in [6, 6.07) is 9.17. The van der Waals surface area contributed by atoms with E-state index >= 15 is 0 Å². The number of aryl methyl sites for hydroxylation is 1. The molecule has 5 heteroatoms. The maximum Gasteiger partial charge on any atom is 0.256 e. The first kappa shape index (κ1) is 16.2. The van der Waals surface area contributed by atoms with Gasteiger partial charge in [-0.05, 0) is 36.1 Å². The maximum atomic E-state index is 12.3. The minimum Gasteiger partial charge on any atom is -0.366 e. The molecule has 0 bridgehead atoms. The van der Waals surface area contributed by atoms with E-state index in [-0.39, 0.29) is 11.3 Å². The number of primary amides is 1. The fourth-order valence-corrected chi connectivity index (χ4v) is 3.00. The highest BCUT2D eigenvalue weighted by Crippen LogP contribution is 2.28. The minimum absolute atomic E-state index is 0.0407. The van der Waals surface area contributed by atoms with Crippen LogP contribution in [0.25, 0.3) is 0 Å². The summed E-state index contributed by atoms with van der Waals surface area (Å²) in [4.78, 5) is 24.6. The number of thiophene rings is 1. The molecule has 1 aromatic heterocycles. The Morgan fingerprint density at radius 1 is 1.14 bits per heavy atom. The molecule has 0 fully saturated rings. The molecule has 1 aromatic carbocycles. The van der Waals surface area contributed by atoms with E-state index in [1.165, 1.54) is 11.3 Å². The van der Waals surface area contributed by atoms with E-state index in [9.17, 15) is 9.59 Å². The largest absolute Gasteiger partial charge is 0.366 e. The van der Waals surface area contributed by atoms with Gasteiger partial charge in [0, 0.05) is 10.4 Å². The molecule has 0 aliphatic carbocycles. The second kappa shape index (κ2) is 5.93. The molecule has 0 radical (unpaired) electrons. The first-order valence-corrected chi connectivity index (χ1v) is 7.82. The fraction of sp³-hybridized carbons (Fsp3) is 0.294. The number of anilines is 1. The van der Waals surface area contributed by atoms with Gasteiger partial charge in [0.1, 0.15) is 5.00 Å². The lowest BCUT2D eigenvalue weighted by molar-refractivity contribution is 0.100. The summed E-state index contributed by atoms with van der Waals surface area (Å²) in [6.07, 6.45) is 0. The van der Waals surface area contributed by atoms with Crippen LogP contribution in [-0.4, -0.2) is 11.8 Å². The highest BCUT2D eigenvalue weighted by atomic mass is 32.1. The van der Waals surface area contributed by atoms with E-state index in [2.05, 4.69) is 26.1 Å². The summed E-state index contributed by atoms with van der Waals surface area (Å²) in [6.45, 7) is 8.23. The van der Waals surface area contributed by atoms with Crippen molar-refractivity contribution in [2.75, 3.05) is 5.32 Å². The van der Waals surface area contributed by atoms with Gasteiger partial charge in [-0.25, -0.2) is 0 Å². The third kappa shape index (κ3) is 3.54. The van der Waals surface area contributed by atoms with Crippen LogP contribution in [0.2, 0.25) is 0 Å². The zero-order valence-corrected chi connectivity index (χ0v) is 14.0. The molecular weight excluding hydrogens is 296 g/mol. The lowest BCUT2D eigenvalue weighted by Crippen LogP contribution is -2.17. The summed E-state index contributed by atoms with van der Waals surface area (Å²) < 4.78 is 0. The summed E-state index contributed by atoms with van der Waals surface area (Å²) in [5, 5.41) is 3.26. The molecular formula is C17H20N2O2S. The van der Waals surface area contributed by atoms with Crippen molar-refractivity contribution in [1.82, 2.24) is 0 Å². The van der Waals surface area contributed by atoms with Crippen LogP contribution in [0.5, 0.6) is 0 Å². The quantitative estimate of drug-likeness (QED) is 0.906. The first-order chi connectivity index (χ1) is 10.2. The average molecular weight is 316 g/mol. The lowest BCUT2D eigenvalue weighted by atomic mass is 9.87. The number of amides is 2. The molecule has 1 heterocycles. The minimum atomic E-state index is -0.539. The van der Waals surface area contributed by atoms with E-state index in [1.54, 1.807) is 18.2 Å². The molecule has 2 amide bonds. The van der Waals surface area contributed by atoms with Crippen molar-refractivity contribution in [2.24, 2.45) is 5.73 Å². The van der Waals surface area contributed by atoms with Gasteiger partial charge in [0.25, 0.3) is 11.8 Å². The topological polar surface area (TPSA) is 72.2 Å². The van der Waals surface area contributed by atoms with Gasteiger partial charge in [-0.2, -0.15) is 0 Å². The normalized spacial score (nSPS) is 11.3. The highest BCUT2D eigenvalue weighted by Gasteiger charge is 2.17. The summed E-state index contributed by atoms with van der Waals surface area (Å²) in [7, 11) is 0. The Balaban J connectivity index is 2.21. The molecule has 0 saturated carbocycles.